The van der Waals surface area contributed by atoms with E-state index < -0.39 is 41.4 Å². The molecular weight excluding hydrogens is 294 g/mol. The fraction of sp³-hybridized carbons (Fsp3) is 0.462. The molecule has 21 heavy (non-hydrogen) atoms. The number of primary amides is 1. The van der Waals surface area contributed by atoms with Crippen LogP contribution in [0.15, 0.2) is 12.1 Å². The van der Waals surface area contributed by atoms with Gasteiger partial charge in [0.05, 0.1) is 12.2 Å². The van der Waals surface area contributed by atoms with Crippen LogP contribution in [0.3, 0.4) is 0 Å². The molecule has 1 rings (SSSR count). The largest absolute Gasteiger partial charge is 0.443 e. The topological polar surface area (TPSA) is 72.6 Å². The molecule has 0 spiro atoms. The number of alkyl halides is 3. The lowest BCUT2D eigenvalue weighted by Crippen LogP contribution is -2.33. The fourth-order valence-corrected chi connectivity index (χ4v) is 1.96. The molecule has 1 aromatic carbocycles. The number of halogens is 4. The Labute approximate surface area is 118 Å². The molecule has 1 amide bonds. The summed E-state index contributed by atoms with van der Waals surface area (Å²) in [5.41, 5.74) is 1.61. The number of benzene rings is 1. The number of aliphatic hydroxyl groups excluding tert-OH is 1. The van der Waals surface area contributed by atoms with Crippen LogP contribution in [-0.2, 0) is 23.9 Å². The highest BCUT2D eigenvalue weighted by atomic mass is 19.4. The summed E-state index contributed by atoms with van der Waals surface area (Å²) in [6.07, 6.45) is -6.13. The van der Waals surface area contributed by atoms with Gasteiger partial charge in [-0.3, -0.25) is 0 Å². The van der Waals surface area contributed by atoms with Gasteiger partial charge in [-0.1, -0.05) is 0 Å². The van der Waals surface area contributed by atoms with E-state index in [0.717, 1.165) is 0 Å². The van der Waals surface area contributed by atoms with E-state index in [9.17, 15) is 22.4 Å². The van der Waals surface area contributed by atoms with Crippen LogP contribution >= 0.6 is 0 Å². The molecule has 0 saturated carbocycles. The molecule has 0 unspecified atom stereocenters. The first kappa shape index (κ1) is 17.2. The number of hydrogen-bond donors (Lipinski definition) is 2. The molecule has 3 N–H and O–H groups in total. The van der Waals surface area contributed by atoms with Crippen molar-refractivity contribution in [2.24, 2.45) is 5.73 Å². The third kappa shape index (κ3) is 4.59. The van der Waals surface area contributed by atoms with E-state index in [-0.39, 0.29) is 12.0 Å². The van der Waals surface area contributed by atoms with Crippen LogP contribution in [0.4, 0.5) is 22.4 Å². The molecule has 0 fully saturated rings. The maximum atomic E-state index is 13.8. The maximum Gasteiger partial charge on any atom is 0.416 e. The van der Waals surface area contributed by atoms with Crippen molar-refractivity contribution in [3.63, 3.8) is 0 Å². The number of hydrogen-bond acceptors (Lipinski definition) is 3. The minimum Gasteiger partial charge on any atom is -0.443 e. The van der Waals surface area contributed by atoms with Crippen molar-refractivity contribution in [1.29, 1.82) is 0 Å². The van der Waals surface area contributed by atoms with Crippen molar-refractivity contribution in [1.82, 2.24) is 0 Å². The number of carbonyl (C=O) groups excluding carboxylic acids is 1. The first-order chi connectivity index (χ1) is 9.46. The standard InChI is InChI=1S/C13H15F4NO3/c1-12(2,21-11(18)20)5-7-3-9(13(15,16)17)8(6-19)4-10(7)14/h3-4,19H,5-6H2,1-2H3,(H2,18,20). The normalized spacial score (nSPS) is 12.3. The molecule has 0 heterocycles. The highest BCUT2D eigenvalue weighted by molar-refractivity contribution is 5.65. The van der Waals surface area contributed by atoms with Crippen LogP contribution in [0.1, 0.15) is 30.5 Å². The van der Waals surface area contributed by atoms with Crippen LogP contribution in [0.5, 0.6) is 0 Å². The second kappa shape index (κ2) is 5.88. The minimum absolute atomic E-state index is 0.286. The summed E-state index contributed by atoms with van der Waals surface area (Å²) in [6.45, 7) is 1.85. The smallest absolute Gasteiger partial charge is 0.416 e. The molecule has 118 valence electrons. The Hall–Kier alpha value is -1.83. The van der Waals surface area contributed by atoms with Crippen molar-refractivity contribution < 1.29 is 32.2 Å². The predicted octanol–water partition coefficient (Wildman–Crippen LogP) is 2.75. The van der Waals surface area contributed by atoms with E-state index in [0.29, 0.717) is 12.1 Å². The molecule has 0 atom stereocenters. The number of carbonyl (C=O) groups is 1. The van der Waals surface area contributed by atoms with Crippen LogP contribution in [0.25, 0.3) is 0 Å². The van der Waals surface area contributed by atoms with Crippen LogP contribution in [0.2, 0.25) is 0 Å². The van der Waals surface area contributed by atoms with Gasteiger partial charge in [0, 0.05) is 6.42 Å². The van der Waals surface area contributed by atoms with Crippen LogP contribution in [-0.4, -0.2) is 16.8 Å². The third-order valence-corrected chi connectivity index (χ3v) is 2.74. The van der Waals surface area contributed by atoms with Gasteiger partial charge in [-0.25, -0.2) is 9.18 Å². The first-order valence-electron chi connectivity index (χ1n) is 5.94. The monoisotopic (exact) mass is 309 g/mol. The summed E-state index contributed by atoms with van der Waals surface area (Å²) < 4.78 is 57.1. The zero-order valence-corrected chi connectivity index (χ0v) is 11.4. The zero-order chi connectivity index (χ0) is 16.4. The van der Waals surface area contributed by atoms with Crippen molar-refractivity contribution in [3.05, 3.63) is 34.6 Å². The van der Waals surface area contributed by atoms with Gasteiger partial charge < -0.3 is 15.6 Å². The second-order valence-corrected chi connectivity index (χ2v) is 5.11. The predicted molar refractivity (Wildman–Crippen MR) is 65.8 cm³/mol. The molecule has 0 aliphatic rings. The number of amides is 1. The number of nitrogens with two attached hydrogens (primary N) is 1. The summed E-state index contributed by atoms with van der Waals surface area (Å²) in [5, 5.41) is 8.90. The second-order valence-electron chi connectivity index (χ2n) is 5.11. The van der Waals surface area contributed by atoms with E-state index in [1.54, 1.807) is 0 Å². The minimum atomic E-state index is -4.73. The van der Waals surface area contributed by atoms with Crippen molar-refractivity contribution >= 4 is 6.09 Å². The van der Waals surface area contributed by atoms with Gasteiger partial charge >= 0.3 is 12.3 Å². The molecule has 8 heteroatoms. The Kier molecular flexibility index (Phi) is 4.83. The van der Waals surface area contributed by atoms with Gasteiger partial charge in [0.2, 0.25) is 0 Å². The average Bonchev–Trinajstić information content (AvgIpc) is 2.27. The van der Waals surface area contributed by atoms with Crippen molar-refractivity contribution in [2.45, 2.75) is 38.7 Å². The summed E-state index contributed by atoms with van der Waals surface area (Å²) in [7, 11) is 0. The van der Waals surface area contributed by atoms with Crippen molar-refractivity contribution in [2.75, 3.05) is 0 Å². The molecule has 0 bridgehead atoms. The molecule has 0 radical (unpaired) electrons. The van der Waals surface area contributed by atoms with Gasteiger partial charge in [-0.15, -0.1) is 0 Å². The lowest BCUT2D eigenvalue weighted by Gasteiger charge is -2.25. The number of ether oxygens (including phenoxy) is 1. The molecule has 0 aromatic heterocycles. The van der Waals surface area contributed by atoms with Gasteiger partial charge in [0.25, 0.3) is 0 Å². The molecule has 0 aliphatic heterocycles. The lowest BCUT2D eigenvalue weighted by atomic mass is 9.94. The Bertz CT molecular complexity index is 541. The third-order valence-electron chi connectivity index (χ3n) is 2.74. The lowest BCUT2D eigenvalue weighted by molar-refractivity contribution is -0.138. The van der Waals surface area contributed by atoms with Crippen LogP contribution in [0, 0.1) is 5.82 Å². The number of aliphatic hydroxyl groups is 1. The molecule has 0 aliphatic carbocycles. The van der Waals surface area contributed by atoms with E-state index in [1.807, 2.05) is 0 Å². The molecule has 0 saturated heterocycles. The Morgan fingerprint density at radius 3 is 2.29 bits per heavy atom. The highest BCUT2D eigenvalue weighted by Gasteiger charge is 2.35. The summed E-state index contributed by atoms with van der Waals surface area (Å²) in [6, 6.07) is 1.23. The SMILES string of the molecule is CC(C)(Cc1cc(C(F)(F)F)c(CO)cc1F)OC(N)=O. The van der Waals surface area contributed by atoms with E-state index >= 15 is 0 Å². The molecule has 4 nitrogen and oxygen atoms in total. The van der Waals surface area contributed by atoms with Gasteiger partial charge in [0.15, 0.2) is 0 Å². The fourth-order valence-electron chi connectivity index (χ4n) is 1.96. The zero-order valence-electron chi connectivity index (χ0n) is 11.4. The van der Waals surface area contributed by atoms with Gasteiger partial charge in [-0.2, -0.15) is 13.2 Å². The summed E-state index contributed by atoms with van der Waals surface area (Å²) >= 11 is 0. The molecule has 1 aromatic rings. The maximum absolute atomic E-state index is 13.8. The quantitative estimate of drug-likeness (QED) is 0.840. The highest BCUT2D eigenvalue weighted by Crippen LogP contribution is 2.34. The molecular formula is C13H15F4NO3. The van der Waals surface area contributed by atoms with Crippen LogP contribution < -0.4 is 5.73 Å². The Morgan fingerprint density at radius 1 is 1.29 bits per heavy atom. The van der Waals surface area contributed by atoms with E-state index in [1.165, 1.54) is 13.8 Å². The summed E-state index contributed by atoms with van der Waals surface area (Å²) in [4.78, 5) is 10.7. The first-order valence-corrected chi connectivity index (χ1v) is 5.94. The summed E-state index contributed by atoms with van der Waals surface area (Å²) in [5.74, 6) is -0.923. The number of rotatable bonds is 4. The Morgan fingerprint density at radius 2 is 1.86 bits per heavy atom. The Balaban J connectivity index is 3.23. The van der Waals surface area contributed by atoms with E-state index in [4.69, 9.17) is 15.6 Å². The van der Waals surface area contributed by atoms with Gasteiger partial charge in [0.1, 0.15) is 11.4 Å². The van der Waals surface area contributed by atoms with Gasteiger partial charge in [-0.05, 0) is 37.1 Å². The van der Waals surface area contributed by atoms with E-state index in [2.05, 4.69) is 0 Å². The van der Waals surface area contributed by atoms with Crippen molar-refractivity contribution in [3.8, 4) is 0 Å². The average molecular weight is 309 g/mol.